The Morgan fingerprint density at radius 2 is 2.03 bits per heavy atom. The van der Waals surface area contributed by atoms with Gasteiger partial charge in [-0.25, -0.2) is 13.8 Å². The van der Waals surface area contributed by atoms with E-state index in [0.29, 0.717) is 0 Å². The number of carbonyl (C=O) groups excluding carboxylic acids is 1. The number of nitrogen functional groups attached to an aromatic ring is 1. The van der Waals surface area contributed by atoms with Crippen LogP contribution >= 0.6 is 20.2 Å². The number of halogens is 2. The molecule has 1 aliphatic carbocycles. The van der Waals surface area contributed by atoms with Crippen molar-refractivity contribution in [1.82, 2.24) is 14.6 Å². The van der Waals surface area contributed by atoms with Gasteiger partial charge in [0.2, 0.25) is 0 Å². The van der Waals surface area contributed by atoms with E-state index in [9.17, 15) is 18.5 Å². The second kappa shape index (κ2) is 12.8. The molecule has 2 aromatic rings. The van der Waals surface area contributed by atoms with Crippen LogP contribution < -0.4 is 21.0 Å². The van der Waals surface area contributed by atoms with Crippen LogP contribution in [0.4, 0.5) is 10.2 Å². The number of hydrogen-bond acceptors (Lipinski definition) is 10. The number of nitrogens with two attached hydrogens (primary N) is 1. The third-order valence-corrected chi connectivity index (χ3v) is 7.26. The van der Waals surface area contributed by atoms with Crippen LogP contribution in [0, 0.1) is 5.82 Å². The van der Waals surface area contributed by atoms with E-state index in [2.05, 4.69) is 10.1 Å². The Kier molecular flexibility index (Phi) is 10.0. The molecule has 1 saturated heterocycles. The molecule has 12 nitrogen and oxygen atoms in total. The quantitative estimate of drug-likeness (QED) is 0.324. The highest BCUT2D eigenvalue weighted by molar-refractivity contribution is 7.52. The van der Waals surface area contributed by atoms with Crippen molar-refractivity contribution in [2.75, 3.05) is 18.9 Å². The Balaban J connectivity index is 0.00000380. The lowest BCUT2D eigenvalue weighted by Gasteiger charge is -2.24. The Morgan fingerprint density at radius 1 is 1.32 bits per heavy atom. The van der Waals surface area contributed by atoms with Crippen LogP contribution in [0.1, 0.15) is 38.8 Å². The van der Waals surface area contributed by atoms with Gasteiger partial charge >= 0.3 is 19.4 Å². The summed E-state index contributed by atoms with van der Waals surface area (Å²) in [5, 5.41) is 2.60. The van der Waals surface area contributed by atoms with Gasteiger partial charge in [0.05, 0.1) is 12.8 Å². The van der Waals surface area contributed by atoms with Gasteiger partial charge in [0.25, 0.3) is 0 Å². The van der Waals surface area contributed by atoms with Gasteiger partial charge in [0.15, 0.2) is 24.2 Å². The van der Waals surface area contributed by atoms with E-state index in [1.165, 1.54) is 6.92 Å². The van der Waals surface area contributed by atoms with Gasteiger partial charge in [-0.05, 0) is 44.7 Å². The summed E-state index contributed by atoms with van der Waals surface area (Å²) < 4.78 is 55.9. The molecular weight excluding hydrogens is 534 g/mol. The van der Waals surface area contributed by atoms with Crippen LogP contribution in [0.25, 0.3) is 0 Å². The maximum atomic E-state index is 13.8. The number of ether oxygens (including phenoxy) is 3. The number of anilines is 1. The van der Waals surface area contributed by atoms with Crippen molar-refractivity contribution in [3.8, 4) is 5.75 Å². The zero-order valence-electron chi connectivity index (χ0n) is 20.0. The molecule has 15 heteroatoms. The third-order valence-electron chi connectivity index (χ3n) is 5.62. The SMILES string of the molecule is C[C@H](N[P@](=O)(OC[C@H]1OC[C@@H](n2cc(F)c(N)nc2=O)O1)Oc1ccccc1)C(=O)OC1CCCC1.Cl. The summed E-state index contributed by atoms with van der Waals surface area (Å²) in [5.41, 5.74) is 4.48. The second-order valence-electron chi connectivity index (χ2n) is 8.41. The summed E-state index contributed by atoms with van der Waals surface area (Å²) in [4.78, 5) is 27.9. The predicted molar refractivity (Wildman–Crippen MR) is 132 cm³/mol. The minimum atomic E-state index is -4.13. The summed E-state index contributed by atoms with van der Waals surface area (Å²) in [6.07, 6.45) is 2.20. The Bertz CT molecular complexity index is 1170. The van der Waals surface area contributed by atoms with Gasteiger partial charge in [-0.1, -0.05) is 18.2 Å². The first-order valence-corrected chi connectivity index (χ1v) is 13.1. The second-order valence-corrected chi connectivity index (χ2v) is 10.1. The van der Waals surface area contributed by atoms with Crippen molar-refractivity contribution < 1.29 is 37.0 Å². The Labute approximate surface area is 218 Å². The van der Waals surface area contributed by atoms with Gasteiger partial charge in [0.1, 0.15) is 24.5 Å². The zero-order valence-corrected chi connectivity index (χ0v) is 21.7. The molecule has 0 bridgehead atoms. The molecule has 4 rings (SSSR count). The number of para-hydroxylation sites is 1. The highest BCUT2D eigenvalue weighted by Crippen LogP contribution is 2.45. The highest BCUT2D eigenvalue weighted by atomic mass is 35.5. The van der Waals surface area contributed by atoms with E-state index in [1.54, 1.807) is 30.3 Å². The van der Waals surface area contributed by atoms with E-state index in [4.69, 9.17) is 29.0 Å². The van der Waals surface area contributed by atoms with Gasteiger partial charge in [-0.3, -0.25) is 13.9 Å². The molecule has 2 heterocycles. The largest absolute Gasteiger partial charge is 0.461 e. The predicted octanol–water partition coefficient (Wildman–Crippen LogP) is 2.93. The first kappa shape index (κ1) is 29.0. The number of nitrogens with zero attached hydrogens (tertiary/aromatic N) is 2. The number of benzene rings is 1. The average molecular weight is 563 g/mol. The lowest BCUT2D eigenvalue weighted by atomic mass is 10.3. The van der Waals surface area contributed by atoms with Crippen LogP contribution in [0.5, 0.6) is 5.75 Å². The number of aromatic nitrogens is 2. The zero-order chi connectivity index (χ0) is 25.7. The van der Waals surface area contributed by atoms with Crippen molar-refractivity contribution in [2.45, 2.75) is 57.3 Å². The molecule has 1 aromatic heterocycles. The normalized spacial score (nSPS) is 22.1. The maximum absolute atomic E-state index is 13.8. The Hall–Kier alpha value is -2.54. The van der Waals surface area contributed by atoms with Gasteiger partial charge in [-0.2, -0.15) is 10.1 Å². The van der Waals surface area contributed by atoms with E-state index >= 15 is 0 Å². The van der Waals surface area contributed by atoms with E-state index in [1.807, 2.05) is 0 Å². The first-order chi connectivity index (χ1) is 17.2. The maximum Gasteiger partial charge on any atom is 0.459 e. The molecule has 3 N–H and O–H groups in total. The smallest absolute Gasteiger partial charge is 0.459 e. The molecule has 1 aliphatic heterocycles. The lowest BCUT2D eigenvalue weighted by Crippen LogP contribution is -2.37. The van der Waals surface area contributed by atoms with Crippen LogP contribution in [0.3, 0.4) is 0 Å². The van der Waals surface area contributed by atoms with Crippen LogP contribution in [-0.4, -0.2) is 47.2 Å². The van der Waals surface area contributed by atoms with Gasteiger partial charge in [0, 0.05) is 0 Å². The molecule has 2 fully saturated rings. The molecule has 0 spiro atoms. The van der Waals surface area contributed by atoms with Crippen molar-refractivity contribution in [1.29, 1.82) is 0 Å². The van der Waals surface area contributed by atoms with E-state index < -0.39 is 56.2 Å². The fourth-order valence-corrected chi connectivity index (χ4v) is 5.25. The minimum Gasteiger partial charge on any atom is -0.461 e. The number of hydrogen-bond donors (Lipinski definition) is 2. The fraction of sp³-hybridized carbons (Fsp3) is 0.500. The van der Waals surface area contributed by atoms with E-state index in [-0.39, 0.29) is 30.9 Å². The van der Waals surface area contributed by atoms with Crippen LogP contribution in [0.15, 0.2) is 41.3 Å². The van der Waals surface area contributed by atoms with Crippen molar-refractivity contribution in [2.24, 2.45) is 0 Å². The van der Waals surface area contributed by atoms with Crippen molar-refractivity contribution in [3.05, 3.63) is 52.8 Å². The summed E-state index contributed by atoms with van der Waals surface area (Å²) in [6, 6.07) is 7.27. The number of nitrogens with one attached hydrogen (secondary N) is 1. The van der Waals surface area contributed by atoms with Crippen molar-refractivity contribution >= 4 is 31.9 Å². The monoisotopic (exact) mass is 562 g/mol. The highest BCUT2D eigenvalue weighted by Gasteiger charge is 2.36. The summed E-state index contributed by atoms with van der Waals surface area (Å²) >= 11 is 0. The summed E-state index contributed by atoms with van der Waals surface area (Å²) in [5.74, 6) is -1.75. The van der Waals surface area contributed by atoms with Gasteiger partial charge < -0.3 is 24.5 Å². The lowest BCUT2D eigenvalue weighted by molar-refractivity contribution is -0.150. The number of carbonyl (C=O) groups is 1. The summed E-state index contributed by atoms with van der Waals surface area (Å²) in [7, 11) is -4.13. The molecule has 1 aromatic carbocycles. The molecule has 1 saturated carbocycles. The first-order valence-electron chi connectivity index (χ1n) is 11.5. The molecule has 204 valence electrons. The van der Waals surface area contributed by atoms with Crippen molar-refractivity contribution in [3.63, 3.8) is 0 Å². The number of rotatable bonds is 10. The molecule has 0 amide bonds. The molecule has 0 unspecified atom stereocenters. The molecule has 37 heavy (non-hydrogen) atoms. The minimum absolute atomic E-state index is 0. The topological polar surface area (TPSA) is 153 Å². The average Bonchev–Trinajstić information content (AvgIpc) is 3.53. The van der Waals surface area contributed by atoms with Crippen LogP contribution in [0.2, 0.25) is 0 Å². The molecule has 0 radical (unpaired) electrons. The molecular formula is C22H29ClFN4O8P. The third kappa shape index (κ3) is 7.73. The molecule has 4 atom stereocenters. The fourth-order valence-electron chi connectivity index (χ4n) is 3.77. The molecule has 2 aliphatic rings. The van der Waals surface area contributed by atoms with Gasteiger partial charge in [-0.15, -0.1) is 12.4 Å². The Morgan fingerprint density at radius 3 is 2.73 bits per heavy atom. The number of esters is 1. The van der Waals surface area contributed by atoms with E-state index in [0.717, 1.165) is 36.4 Å². The summed E-state index contributed by atoms with van der Waals surface area (Å²) in [6.45, 7) is 0.979. The van der Waals surface area contributed by atoms with Crippen LogP contribution in [-0.2, 0) is 28.1 Å². The standard InChI is InChI=1S/C22H28FN4O8P.ClH/c1-14(21(28)33-15-7-5-6-8-15)26-36(30,35-16-9-3-2-4-10-16)32-13-19-31-12-18(34-19)27-11-17(23)20(24)25-22(27)29;/h2-4,9-11,14-15,18-19H,5-8,12-13H2,1H3,(H,26,30)(H2,24,25,29);1H/t14-,18-,19-,36-;/m0./s1.